The predicted molar refractivity (Wildman–Crippen MR) is 132 cm³/mol. The smallest absolute Gasteiger partial charge is 0.460 e. The summed E-state index contributed by atoms with van der Waals surface area (Å²) in [5, 5.41) is -12.6. The van der Waals surface area contributed by atoms with Crippen LogP contribution in [0, 0.1) is 0 Å². The summed E-state index contributed by atoms with van der Waals surface area (Å²) in [6, 6.07) is 12.5. The molecule has 0 aliphatic carbocycles. The molecular weight excluding hydrogens is 556 g/mol. The third kappa shape index (κ3) is 8.04. The fourth-order valence-electron chi connectivity index (χ4n) is 3.10. The Balaban J connectivity index is 1.71. The molecule has 0 radical (unpaired) electrons. The molecule has 2 aromatic carbocycles. The lowest BCUT2D eigenvalue weighted by Gasteiger charge is -2.23. The van der Waals surface area contributed by atoms with Gasteiger partial charge in [-0.15, -0.1) is 0 Å². The van der Waals surface area contributed by atoms with Crippen molar-refractivity contribution in [3.05, 3.63) is 59.7 Å². The average molecular weight is 587 g/mol. The Morgan fingerprint density at radius 2 is 1.37 bits per heavy atom. The molecule has 0 saturated carbocycles. The first-order chi connectivity index (χ1) is 17.6. The molecule has 0 bridgehead atoms. The second-order valence-corrected chi connectivity index (χ2v) is 11.5. The maximum Gasteiger partial charge on any atom is 0.460 e. The summed E-state index contributed by atoms with van der Waals surface area (Å²) in [7, 11) is -13.2. The van der Waals surface area contributed by atoms with Crippen molar-refractivity contribution in [2.75, 3.05) is 19.8 Å². The highest BCUT2D eigenvalue weighted by atomic mass is 32.2. The first kappa shape index (κ1) is 31.8. The van der Waals surface area contributed by atoms with Crippen molar-refractivity contribution in [1.29, 1.82) is 0 Å². The van der Waals surface area contributed by atoms with E-state index < -0.39 is 36.5 Å². The van der Waals surface area contributed by atoms with Crippen LogP contribution in [0.2, 0.25) is 0 Å². The van der Waals surface area contributed by atoms with Crippen molar-refractivity contribution in [3.63, 3.8) is 0 Å². The van der Waals surface area contributed by atoms with Crippen LogP contribution in [0.4, 0.5) is 17.6 Å². The molecular formula is C24H30F4O8S2. The summed E-state index contributed by atoms with van der Waals surface area (Å²) in [4.78, 5) is 0. The number of alkyl halides is 4. The van der Waals surface area contributed by atoms with Gasteiger partial charge in [-0.05, 0) is 67.0 Å². The summed E-state index contributed by atoms with van der Waals surface area (Å²) in [6.45, 7) is 5.60. The Morgan fingerprint density at radius 3 is 1.92 bits per heavy atom. The number of unbranched alkanes of at least 4 members (excludes halogenated alkanes) is 1. The predicted octanol–water partition coefficient (Wildman–Crippen LogP) is 5.40. The van der Waals surface area contributed by atoms with E-state index in [1.165, 1.54) is 17.7 Å². The van der Waals surface area contributed by atoms with Gasteiger partial charge in [-0.3, -0.25) is 4.55 Å². The highest BCUT2D eigenvalue weighted by molar-refractivity contribution is 7.91. The van der Waals surface area contributed by atoms with Gasteiger partial charge in [0.1, 0.15) is 11.5 Å². The molecule has 0 heterocycles. The number of hydrogen-bond acceptors (Lipinski definition) is 7. The minimum atomic E-state index is -6.74. The average Bonchev–Trinajstić information content (AvgIpc) is 2.85. The van der Waals surface area contributed by atoms with Crippen LogP contribution in [0.25, 0.3) is 0 Å². The third-order valence-electron chi connectivity index (χ3n) is 5.65. The van der Waals surface area contributed by atoms with Gasteiger partial charge in [0.15, 0.2) is 0 Å². The summed E-state index contributed by atoms with van der Waals surface area (Å²) in [5.41, 5.74) is 1.87. The van der Waals surface area contributed by atoms with Crippen LogP contribution in [0.15, 0.2) is 48.5 Å². The quantitative estimate of drug-likeness (QED) is 0.120. The van der Waals surface area contributed by atoms with Gasteiger partial charge >= 0.3 is 30.7 Å². The number of halogens is 4. The van der Waals surface area contributed by atoms with Crippen LogP contribution in [-0.2, 0) is 31.4 Å². The minimum Gasteiger partial charge on any atom is -0.494 e. The zero-order valence-electron chi connectivity index (χ0n) is 20.8. The van der Waals surface area contributed by atoms with E-state index >= 15 is 0 Å². The largest absolute Gasteiger partial charge is 0.494 e. The molecule has 0 aliphatic heterocycles. The zero-order chi connectivity index (χ0) is 28.6. The van der Waals surface area contributed by atoms with E-state index in [1.54, 1.807) is 0 Å². The van der Waals surface area contributed by atoms with E-state index in [9.17, 15) is 34.4 Å². The standard InChI is InChI=1S/C24H30F4O8S2/c1-3-18(2)20-8-12-21(13-9-20)35-16-5-4-15-34-17-14-19-6-10-22(11-7-19)36-38(32,33)24(27,28)23(25,26)37(29,30)31/h6-13,18H,3-5,14-17H2,1-2H3,(H,29,30,31). The molecule has 2 aromatic rings. The molecule has 1 N–H and O–H groups in total. The Bertz CT molecular complexity index is 1230. The van der Waals surface area contributed by atoms with Crippen molar-refractivity contribution in [1.82, 2.24) is 0 Å². The van der Waals surface area contributed by atoms with E-state index in [1.807, 2.05) is 12.1 Å². The minimum absolute atomic E-state index is 0.301. The van der Waals surface area contributed by atoms with Gasteiger partial charge in [-0.1, -0.05) is 38.1 Å². The van der Waals surface area contributed by atoms with E-state index in [-0.39, 0.29) is 0 Å². The molecule has 0 aromatic heterocycles. The van der Waals surface area contributed by atoms with Crippen LogP contribution in [0.1, 0.15) is 50.2 Å². The number of rotatable bonds is 16. The Hall–Kier alpha value is -2.42. The molecule has 0 spiro atoms. The normalized spacial score (nSPS) is 13.8. The van der Waals surface area contributed by atoms with Crippen molar-refractivity contribution < 1.29 is 52.6 Å². The van der Waals surface area contributed by atoms with E-state index in [4.69, 9.17) is 14.0 Å². The van der Waals surface area contributed by atoms with Gasteiger partial charge < -0.3 is 13.7 Å². The molecule has 214 valence electrons. The summed E-state index contributed by atoms with van der Waals surface area (Å²) in [6.07, 6.45) is 2.97. The fourth-order valence-corrected chi connectivity index (χ4v) is 4.79. The molecule has 2 rings (SSSR count). The first-order valence-electron chi connectivity index (χ1n) is 11.7. The Morgan fingerprint density at radius 1 is 0.816 bits per heavy atom. The van der Waals surface area contributed by atoms with Gasteiger partial charge in [0.05, 0.1) is 13.2 Å². The molecule has 8 nitrogen and oxygen atoms in total. The monoisotopic (exact) mass is 586 g/mol. The van der Waals surface area contributed by atoms with Crippen molar-refractivity contribution in [2.45, 2.75) is 56.0 Å². The highest BCUT2D eigenvalue weighted by Crippen LogP contribution is 2.43. The van der Waals surface area contributed by atoms with Gasteiger partial charge in [-0.2, -0.15) is 34.4 Å². The molecule has 0 saturated heterocycles. The molecule has 0 amide bonds. The number of hydrogen-bond donors (Lipinski definition) is 1. The van der Waals surface area contributed by atoms with Crippen LogP contribution >= 0.6 is 0 Å². The summed E-state index contributed by atoms with van der Waals surface area (Å²) < 4.78 is 122. The van der Waals surface area contributed by atoms with Crippen molar-refractivity contribution in [3.8, 4) is 11.5 Å². The SMILES string of the molecule is CCC(C)c1ccc(OCCCCOCCc2ccc(OS(=O)(=O)C(F)(F)C(F)(F)S(=O)(=O)O)cc2)cc1. The molecule has 14 heteroatoms. The van der Waals surface area contributed by atoms with E-state index in [2.05, 4.69) is 30.2 Å². The second kappa shape index (κ2) is 13.1. The van der Waals surface area contributed by atoms with Gasteiger partial charge in [0, 0.05) is 6.61 Å². The third-order valence-corrected chi connectivity index (χ3v) is 7.98. The molecule has 0 fully saturated rings. The van der Waals surface area contributed by atoms with Gasteiger partial charge in [0.25, 0.3) is 0 Å². The molecule has 1 atom stereocenters. The van der Waals surface area contributed by atoms with Crippen molar-refractivity contribution in [2.24, 2.45) is 0 Å². The lowest BCUT2D eigenvalue weighted by Crippen LogP contribution is -2.53. The Kier molecular flexibility index (Phi) is 11.0. The number of ether oxygens (including phenoxy) is 2. The molecule has 0 aliphatic rings. The summed E-state index contributed by atoms with van der Waals surface area (Å²) >= 11 is 0. The molecule has 38 heavy (non-hydrogen) atoms. The van der Waals surface area contributed by atoms with Crippen molar-refractivity contribution >= 4 is 20.2 Å². The van der Waals surface area contributed by atoms with Gasteiger partial charge in [-0.25, -0.2) is 0 Å². The maximum absolute atomic E-state index is 13.7. The van der Waals surface area contributed by atoms with E-state index in [0.29, 0.717) is 37.7 Å². The Labute approximate surface area is 219 Å². The van der Waals surface area contributed by atoms with E-state index in [0.717, 1.165) is 37.1 Å². The van der Waals surface area contributed by atoms with Crippen LogP contribution < -0.4 is 8.92 Å². The first-order valence-corrected chi connectivity index (χ1v) is 14.5. The maximum atomic E-state index is 13.7. The summed E-state index contributed by atoms with van der Waals surface area (Å²) in [5.74, 6) is 0.544. The van der Waals surface area contributed by atoms with Gasteiger partial charge in [0.2, 0.25) is 0 Å². The van der Waals surface area contributed by atoms with Crippen LogP contribution in [0.3, 0.4) is 0 Å². The lowest BCUT2D eigenvalue weighted by atomic mass is 9.99. The fraction of sp³-hybridized carbons (Fsp3) is 0.500. The second-order valence-electron chi connectivity index (χ2n) is 8.49. The van der Waals surface area contributed by atoms with Crippen LogP contribution in [0.5, 0.6) is 11.5 Å². The topological polar surface area (TPSA) is 116 Å². The lowest BCUT2D eigenvalue weighted by molar-refractivity contribution is -0.105. The zero-order valence-corrected chi connectivity index (χ0v) is 22.4. The highest BCUT2D eigenvalue weighted by Gasteiger charge is 2.74. The number of benzene rings is 2. The molecule has 1 unspecified atom stereocenters. The van der Waals surface area contributed by atoms with Crippen LogP contribution in [-0.4, -0.2) is 51.7 Å².